The fourth-order valence-corrected chi connectivity index (χ4v) is 2.66. The summed E-state index contributed by atoms with van der Waals surface area (Å²) in [6.07, 6.45) is 0.511. The molecule has 108 valence electrons. The molecule has 7 nitrogen and oxygen atoms in total. The molecular formula is C12H15N3O4S. The highest BCUT2D eigenvalue weighted by molar-refractivity contribution is 7.15. The van der Waals surface area contributed by atoms with E-state index >= 15 is 0 Å². The Balaban J connectivity index is 2.51. The van der Waals surface area contributed by atoms with Crippen LogP contribution in [0.2, 0.25) is 0 Å². The van der Waals surface area contributed by atoms with Crippen molar-refractivity contribution in [3.8, 4) is 5.88 Å². The van der Waals surface area contributed by atoms with Gasteiger partial charge in [0.05, 0.1) is 12.6 Å². The van der Waals surface area contributed by atoms with Crippen LogP contribution in [-0.4, -0.2) is 38.2 Å². The van der Waals surface area contributed by atoms with E-state index in [2.05, 4.69) is 10.3 Å². The number of fused-ring (bicyclic) bond motifs is 1. The number of hydrogen-bond acceptors (Lipinski definition) is 6. The lowest BCUT2D eigenvalue weighted by molar-refractivity contribution is 0.0909. The number of nitrogens with one attached hydrogen (secondary N) is 1. The van der Waals surface area contributed by atoms with Crippen LogP contribution in [0.1, 0.15) is 29.4 Å². The van der Waals surface area contributed by atoms with E-state index in [9.17, 15) is 14.7 Å². The van der Waals surface area contributed by atoms with Crippen molar-refractivity contribution in [1.29, 1.82) is 0 Å². The first kappa shape index (κ1) is 14.5. The van der Waals surface area contributed by atoms with Gasteiger partial charge in [-0.2, -0.15) is 4.98 Å². The average molecular weight is 297 g/mol. The Labute approximate surface area is 118 Å². The maximum Gasteiger partial charge on any atom is 0.275 e. The van der Waals surface area contributed by atoms with Crippen molar-refractivity contribution in [3.05, 3.63) is 27.0 Å². The van der Waals surface area contributed by atoms with Gasteiger partial charge in [0.15, 0.2) is 10.5 Å². The third-order valence-electron chi connectivity index (χ3n) is 3.00. The second-order valence-corrected chi connectivity index (χ2v) is 5.21. The number of rotatable bonds is 4. The number of aliphatic hydroxyl groups excluding tert-OH is 1. The monoisotopic (exact) mass is 297 g/mol. The van der Waals surface area contributed by atoms with E-state index in [0.29, 0.717) is 17.1 Å². The number of aromatic nitrogens is 2. The minimum absolute atomic E-state index is 0.239. The van der Waals surface area contributed by atoms with E-state index in [1.165, 1.54) is 15.7 Å². The van der Waals surface area contributed by atoms with Gasteiger partial charge in [-0.15, -0.1) is 11.3 Å². The lowest BCUT2D eigenvalue weighted by Gasteiger charge is -2.14. The van der Waals surface area contributed by atoms with Crippen LogP contribution >= 0.6 is 11.3 Å². The van der Waals surface area contributed by atoms with Crippen LogP contribution < -0.4 is 10.9 Å². The van der Waals surface area contributed by atoms with Crippen molar-refractivity contribution in [3.63, 3.8) is 0 Å². The van der Waals surface area contributed by atoms with E-state index in [-0.39, 0.29) is 6.61 Å². The Morgan fingerprint density at radius 3 is 2.90 bits per heavy atom. The number of aliphatic hydroxyl groups is 1. The number of hydrogen-bond donors (Lipinski definition) is 3. The highest BCUT2D eigenvalue weighted by Crippen LogP contribution is 2.17. The molecule has 0 fully saturated rings. The van der Waals surface area contributed by atoms with E-state index in [0.717, 1.165) is 0 Å². The number of thiazole rings is 1. The maximum atomic E-state index is 12.3. The molecule has 2 rings (SSSR count). The van der Waals surface area contributed by atoms with Crippen molar-refractivity contribution in [1.82, 2.24) is 14.7 Å². The smallest absolute Gasteiger partial charge is 0.275 e. The highest BCUT2D eigenvalue weighted by Gasteiger charge is 2.22. The molecule has 2 aromatic heterocycles. The molecule has 2 aromatic rings. The zero-order valence-corrected chi connectivity index (χ0v) is 11.9. The molecule has 3 N–H and O–H groups in total. The normalized spacial score (nSPS) is 12.6. The van der Waals surface area contributed by atoms with Crippen molar-refractivity contribution in [2.24, 2.45) is 0 Å². The number of carbonyl (C=O) groups excluding carboxylic acids is 1. The van der Waals surface area contributed by atoms with E-state index < -0.39 is 29.0 Å². The molecule has 0 aliphatic carbocycles. The molecular weight excluding hydrogens is 282 g/mol. The Morgan fingerprint density at radius 1 is 1.60 bits per heavy atom. The molecule has 0 aliphatic rings. The Morgan fingerprint density at radius 2 is 2.30 bits per heavy atom. The van der Waals surface area contributed by atoms with Gasteiger partial charge in [-0.1, -0.05) is 6.92 Å². The summed E-state index contributed by atoms with van der Waals surface area (Å²) in [4.78, 5) is 28.5. The standard InChI is InChI=1S/C12H15N3O4S/c1-3-7(4-16)13-9(17)8-10(18)14-12-15(11(8)19)6(2)5-20-12/h5,7,16,18H,3-4H2,1-2H3,(H,13,17)/t7-/m0/s1. The lowest BCUT2D eigenvalue weighted by Crippen LogP contribution is -2.40. The topological polar surface area (TPSA) is 104 Å². The Bertz CT molecular complexity index is 703. The van der Waals surface area contributed by atoms with Gasteiger partial charge in [-0.05, 0) is 13.3 Å². The minimum Gasteiger partial charge on any atom is -0.492 e. The molecule has 0 saturated heterocycles. The molecule has 0 spiro atoms. The molecule has 2 heterocycles. The largest absolute Gasteiger partial charge is 0.492 e. The summed E-state index contributed by atoms with van der Waals surface area (Å²) >= 11 is 1.21. The third-order valence-corrected chi connectivity index (χ3v) is 3.94. The van der Waals surface area contributed by atoms with Crippen molar-refractivity contribution >= 4 is 22.2 Å². The van der Waals surface area contributed by atoms with Gasteiger partial charge in [0.2, 0.25) is 5.88 Å². The van der Waals surface area contributed by atoms with E-state index in [1.54, 1.807) is 19.2 Å². The molecule has 0 aliphatic heterocycles. The van der Waals surface area contributed by atoms with E-state index in [1.807, 2.05) is 0 Å². The number of carbonyl (C=O) groups is 1. The number of aromatic hydroxyl groups is 1. The quantitative estimate of drug-likeness (QED) is 0.751. The summed E-state index contributed by atoms with van der Waals surface area (Å²) < 4.78 is 1.28. The molecule has 1 amide bonds. The Hall–Kier alpha value is -1.93. The predicted octanol–water partition coefficient (Wildman–Crippen LogP) is 0.271. The van der Waals surface area contributed by atoms with Gasteiger partial charge in [0.1, 0.15) is 0 Å². The molecule has 8 heteroatoms. The predicted molar refractivity (Wildman–Crippen MR) is 74.4 cm³/mol. The van der Waals surface area contributed by atoms with Crippen LogP contribution in [0.4, 0.5) is 0 Å². The lowest BCUT2D eigenvalue weighted by atomic mass is 10.2. The minimum atomic E-state index is -0.735. The van der Waals surface area contributed by atoms with Crippen LogP contribution in [0, 0.1) is 6.92 Å². The van der Waals surface area contributed by atoms with E-state index in [4.69, 9.17) is 5.11 Å². The second kappa shape index (κ2) is 5.59. The average Bonchev–Trinajstić information content (AvgIpc) is 2.77. The summed E-state index contributed by atoms with van der Waals surface area (Å²) in [5, 5.41) is 23.1. The molecule has 0 radical (unpaired) electrons. The van der Waals surface area contributed by atoms with Crippen LogP contribution in [-0.2, 0) is 0 Å². The molecule has 0 unspecified atom stereocenters. The van der Waals surface area contributed by atoms with Crippen LogP contribution in [0.3, 0.4) is 0 Å². The zero-order chi connectivity index (χ0) is 14.9. The van der Waals surface area contributed by atoms with Gasteiger partial charge >= 0.3 is 0 Å². The third kappa shape index (κ3) is 2.39. The fraction of sp³-hybridized carbons (Fsp3) is 0.417. The summed E-state index contributed by atoms with van der Waals surface area (Å²) in [6, 6.07) is -0.467. The first-order chi connectivity index (χ1) is 9.49. The number of aryl methyl sites for hydroxylation is 1. The van der Waals surface area contributed by atoms with Gasteiger partial charge in [0.25, 0.3) is 11.5 Å². The van der Waals surface area contributed by atoms with Crippen molar-refractivity contribution in [2.75, 3.05) is 6.61 Å². The number of amides is 1. The van der Waals surface area contributed by atoms with Crippen LogP contribution in [0.25, 0.3) is 4.96 Å². The number of nitrogens with zero attached hydrogens (tertiary/aromatic N) is 2. The van der Waals surface area contributed by atoms with Crippen LogP contribution in [0.15, 0.2) is 10.2 Å². The fourth-order valence-electron chi connectivity index (χ4n) is 1.80. The van der Waals surface area contributed by atoms with Gasteiger partial charge in [-0.25, -0.2) is 0 Å². The zero-order valence-electron chi connectivity index (χ0n) is 11.1. The first-order valence-electron chi connectivity index (χ1n) is 6.11. The first-order valence-corrected chi connectivity index (χ1v) is 6.99. The van der Waals surface area contributed by atoms with Gasteiger partial charge in [-0.3, -0.25) is 14.0 Å². The molecule has 1 atom stereocenters. The van der Waals surface area contributed by atoms with Gasteiger partial charge in [0, 0.05) is 11.1 Å². The summed E-state index contributed by atoms with van der Waals surface area (Å²) in [7, 11) is 0. The SMILES string of the molecule is CC[C@@H](CO)NC(=O)c1c(O)nc2scc(C)n2c1=O. The molecule has 0 saturated carbocycles. The molecule has 0 bridgehead atoms. The van der Waals surface area contributed by atoms with Crippen LogP contribution in [0.5, 0.6) is 5.88 Å². The van der Waals surface area contributed by atoms with Crippen molar-refractivity contribution in [2.45, 2.75) is 26.3 Å². The maximum absolute atomic E-state index is 12.3. The van der Waals surface area contributed by atoms with Crippen molar-refractivity contribution < 1.29 is 15.0 Å². The molecule has 20 heavy (non-hydrogen) atoms. The second-order valence-electron chi connectivity index (χ2n) is 4.37. The summed E-state index contributed by atoms with van der Waals surface area (Å²) in [5.74, 6) is -1.33. The summed E-state index contributed by atoms with van der Waals surface area (Å²) in [6.45, 7) is 3.27. The highest BCUT2D eigenvalue weighted by atomic mass is 32.1. The van der Waals surface area contributed by atoms with Gasteiger partial charge < -0.3 is 15.5 Å². The molecule has 0 aromatic carbocycles. The summed E-state index contributed by atoms with van der Waals surface area (Å²) in [5.41, 5.74) is -0.377. The Kier molecular flexibility index (Phi) is 4.05.